The molecular formula is C17H19BrClN3. The Kier molecular flexibility index (Phi) is 5.01. The second kappa shape index (κ2) is 6.99. The largest absolute Gasteiger partial charge is 0.354 e. The summed E-state index contributed by atoms with van der Waals surface area (Å²) in [5, 5.41) is 0.686. The highest BCUT2D eigenvalue weighted by atomic mass is 79.9. The van der Waals surface area contributed by atoms with Gasteiger partial charge in [0.2, 0.25) is 0 Å². The lowest BCUT2D eigenvalue weighted by atomic mass is 10.1. The molecule has 22 heavy (non-hydrogen) atoms. The first-order chi connectivity index (χ1) is 10.6. The van der Waals surface area contributed by atoms with Gasteiger partial charge in [0.05, 0.1) is 5.02 Å². The van der Waals surface area contributed by atoms with E-state index in [0.29, 0.717) is 11.1 Å². The zero-order chi connectivity index (χ0) is 15.5. The Morgan fingerprint density at radius 2 is 1.73 bits per heavy atom. The molecule has 0 N–H and O–H groups in total. The average molecular weight is 381 g/mol. The third-order valence-corrected chi connectivity index (χ3v) is 5.00. The molecule has 1 fully saturated rings. The van der Waals surface area contributed by atoms with Crippen LogP contribution >= 0.6 is 27.5 Å². The first kappa shape index (κ1) is 15.8. The van der Waals surface area contributed by atoms with Gasteiger partial charge in [-0.2, -0.15) is 0 Å². The minimum Gasteiger partial charge on any atom is -0.354 e. The summed E-state index contributed by atoms with van der Waals surface area (Å²) in [5.41, 5.74) is 1.36. The van der Waals surface area contributed by atoms with Crippen molar-refractivity contribution in [1.29, 1.82) is 0 Å². The van der Waals surface area contributed by atoms with E-state index in [4.69, 9.17) is 11.6 Å². The van der Waals surface area contributed by atoms with Crippen LogP contribution in [0.25, 0.3) is 0 Å². The fourth-order valence-corrected chi connectivity index (χ4v) is 3.22. The van der Waals surface area contributed by atoms with E-state index in [-0.39, 0.29) is 0 Å². The smallest absolute Gasteiger partial charge is 0.128 e. The fourth-order valence-electron chi connectivity index (χ4n) is 2.85. The molecule has 1 atom stereocenters. The summed E-state index contributed by atoms with van der Waals surface area (Å²) in [5.74, 6) is 1.01. The van der Waals surface area contributed by atoms with Crippen molar-refractivity contribution in [3.63, 3.8) is 0 Å². The number of benzene rings is 1. The van der Waals surface area contributed by atoms with E-state index < -0.39 is 0 Å². The molecule has 0 bridgehead atoms. The Morgan fingerprint density at radius 1 is 1.05 bits per heavy atom. The summed E-state index contributed by atoms with van der Waals surface area (Å²) in [6.45, 7) is 6.35. The highest BCUT2D eigenvalue weighted by molar-refractivity contribution is 9.10. The van der Waals surface area contributed by atoms with Crippen LogP contribution in [-0.4, -0.2) is 36.1 Å². The van der Waals surface area contributed by atoms with Crippen molar-refractivity contribution in [2.45, 2.75) is 13.0 Å². The van der Waals surface area contributed by atoms with Gasteiger partial charge in [0.1, 0.15) is 5.82 Å². The third kappa shape index (κ3) is 3.62. The molecule has 0 amide bonds. The normalized spacial score (nSPS) is 17.5. The maximum atomic E-state index is 5.90. The van der Waals surface area contributed by atoms with Crippen LogP contribution in [0.5, 0.6) is 0 Å². The standard InChI is InChI=1S/C17H19BrClN3/c1-13(14-2-4-15(18)5-3-14)21-8-10-22(11-9-21)17-7-6-16(19)12-20-17/h2-7,12-13H,8-11H2,1H3. The Balaban J connectivity index is 1.61. The Hall–Kier alpha value is -1.10. The first-order valence-corrected chi connectivity index (χ1v) is 8.66. The molecule has 5 heteroatoms. The number of rotatable bonds is 3. The van der Waals surface area contributed by atoms with E-state index in [2.05, 4.69) is 61.9 Å². The lowest BCUT2D eigenvalue weighted by molar-refractivity contribution is 0.198. The molecular weight excluding hydrogens is 362 g/mol. The van der Waals surface area contributed by atoms with Gasteiger partial charge in [-0.1, -0.05) is 39.7 Å². The molecule has 1 aliphatic rings. The zero-order valence-electron chi connectivity index (χ0n) is 12.5. The van der Waals surface area contributed by atoms with Crippen LogP contribution in [0.4, 0.5) is 5.82 Å². The number of nitrogens with zero attached hydrogens (tertiary/aromatic N) is 3. The molecule has 3 rings (SSSR count). The second-order valence-electron chi connectivity index (χ2n) is 5.59. The Bertz CT molecular complexity index is 607. The van der Waals surface area contributed by atoms with Crippen molar-refractivity contribution in [3.05, 3.63) is 57.7 Å². The van der Waals surface area contributed by atoms with E-state index >= 15 is 0 Å². The average Bonchev–Trinajstić information content (AvgIpc) is 2.56. The summed E-state index contributed by atoms with van der Waals surface area (Å²) >= 11 is 9.39. The van der Waals surface area contributed by atoms with E-state index in [1.165, 1.54) is 5.56 Å². The van der Waals surface area contributed by atoms with E-state index in [1.54, 1.807) is 6.20 Å². The molecule has 1 unspecified atom stereocenters. The van der Waals surface area contributed by atoms with Crippen LogP contribution in [-0.2, 0) is 0 Å². The molecule has 2 aromatic rings. The van der Waals surface area contributed by atoms with Gasteiger partial charge in [0.15, 0.2) is 0 Å². The molecule has 2 heterocycles. The van der Waals surface area contributed by atoms with Crippen LogP contribution in [0.3, 0.4) is 0 Å². The number of hydrogen-bond donors (Lipinski definition) is 0. The van der Waals surface area contributed by atoms with Gasteiger partial charge in [-0.25, -0.2) is 4.98 Å². The van der Waals surface area contributed by atoms with Crippen molar-refractivity contribution < 1.29 is 0 Å². The van der Waals surface area contributed by atoms with Crippen LogP contribution in [0, 0.1) is 0 Å². The third-order valence-electron chi connectivity index (χ3n) is 4.25. The predicted octanol–water partition coefficient (Wildman–Crippen LogP) is 4.38. The first-order valence-electron chi connectivity index (χ1n) is 7.49. The van der Waals surface area contributed by atoms with Crippen LogP contribution in [0.15, 0.2) is 47.1 Å². The topological polar surface area (TPSA) is 19.4 Å². The van der Waals surface area contributed by atoms with E-state index in [0.717, 1.165) is 36.5 Å². The van der Waals surface area contributed by atoms with Crippen molar-refractivity contribution in [1.82, 2.24) is 9.88 Å². The molecule has 1 aromatic heterocycles. The van der Waals surface area contributed by atoms with Crippen LogP contribution in [0.1, 0.15) is 18.5 Å². The van der Waals surface area contributed by atoms with Gasteiger partial charge in [-0.15, -0.1) is 0 Å². The number of anilines is 1. The van der Waals surface area contributed by atoms with Gasteiger partial charge in [-0.05, 0) is 36.8 Å². The van der Waals surface area contributed by atoms with E-state index in [9.17, 15) is 0 Å². The molecule has 3 nitrogen and oxygen atoms in total. The molecule has 0 saturated carbocycles. The van der Waals surface area contributed by atoms with Gasteiger partial charge < -0.3 is 4.90 Å². The van der Waals surface area contributed by atoms with Crippen molar-refractivity contribution >= 4 is 33.3 Å². The summed E-state index contributed by atoms with van der Waals surface area (Å²) in [6.07, 6.45) is 1.72. The Morgan fingerprint density at radius 3 is 2.32 bits per heavy atom. The molecule has 116 valence electrons. The lowest BCUT2D eigenvalue weighted by Crippen LogP contribution is -2.47. The lowest BCUT2D eigenvalue weighted by Gasteiger charge is -2.38. The quantitative estimate of drug-likeness (QED) is 0.787. The molecule has 1 aliphatic heterocycles. The summed E-state index contributed by atoms with van der Waals surface area (Å²) in [6, 6.07) is 13.0. The summed E-state index contributed by atoms with van der Waals surface area (Å²) in [7, 11) is 0. The van der Waals surface area contributed by atoms with Crippen molar-refractivity contribution in [2.24, 2.45) is 0 Å². The van der Waals surface area contributed by atoms with Crippen molar-refractivity contribution in [2.75, 3.05) is 31.1 Å². The molecule has 0 radical (unpaired) electrons. The maximum absolute atomic E-state index is 5.90. The number of aromatic nitrogens is 1. The number of pyridine rings is 1. The highest BCUT2D eigenvalue weighted by Gasteiger charge is 2.22. The van der Waals surface area contributed by atoms with E-state index in [1.807, 2.05) is 12.1 Å². The SMILES string of the molecule is CC(c1ccc(Br)cc1)N1CCN(c2ccc(Cl)cn2)CC1. The number of halogens is 2. The highest BCUT2D eigenvalue weighted by Crippen LogP contribution is 2.24. The minimum atomic E-state index is 0.438. The predicted molar refractivity (Wildman–Crippen MR) is 95.6 cm³/mol. The van der Waals surface area contributed by atoms with Gasteiger partial charge in [0.25, 0.3) is 0 Å². The monoisotopic (exact) mass is 379 g/mol. The number of hydrogen-bond acceptors (Lipinski definition) is 3. The fraction of sp³-hybridized carbons (Fsp3) is 0.353. The minimum absolute atomic E-state index is 0.438. The second-order valence-corrected chi connectivity index (χ2v) is 6.94. The Labute approximate surface area is 145 Å². The molecule has 1 aromatic carbocycles. The summed E-state index contributed by atoms with van der Waals surface area (Å²) in [4.78, 5) is 9.25. The van der Waals surface area contributed by atoms with Crippen molar-refractivity contribution in [3.8, 4) is 0 Å². The number of piperazine rings is 1. The maximum Gasteiger partial charge on any atom is 0.128 e. The summed E-state index contributed by atoms with van der Waals surface area (Å²) < 4.78 is 1.13. The molecule has 0 aliphatic carbocycles. The van der Waals surface area contributed by atoms with Gasteiger partial charge in [0, 0.05) is 42.9 Å². The molecule has 0 spiro atoms. The zero-order valence-corrected chi connectivity index (χ0v) is 14.9. The molecule has 1 saturated heterocycles. The van der Waals surface area contributed by atoms with Gasteiger partial charge in [-0.3, -0.25) is 4.90 Å². The van der Waals surface area contributed by atoms with Gasteiger partial charge >= 0.3 is 0 Å². The van der Waals surface area contributed by atoms with Crippen LogP contribution < -0.4 is 4.90 Å². The van der Waals surface area contributed by atoms with Crippen LogP contribution in [0.2, 0.25) is 5.02 Å².